The Morgan fingerprint density at radius 1 is 0.935 bits per heavy atom. The van der Waals surface area contributed by atoms with Crippen LogP contribution in [-0.2, 0) is 6.42 Å². The Morgan fingerprint density at radius 3 is 2.45 bits per heavy atom. The normalized spacial score (nSPS) is 14.5. The van der Waals surface area contributed by atoms with Gasteiger partial charge in [0.05, 0.1) is 16.9 Å². The molecular formula is C24H24F2N4O. The Labute approximate surface area is 180 Å². The highest BCUT2D eigenvalue weighted by Gasteiger charge is 2.21. The first-order chi connectivity index (χ1) is 15.1. The van der Waals surface area contributed by atoms with Gasteiger partial charge in [-0.1, -0.05) is 18.2 Å². The van der Waals surface area contributed by atoms with Crippen molar-refractivity contribution in [1.29, 1.82) is 0 Å². The smallest absolute Gasteiger partial charge is 0.258 e. The van der Waals surface area contributed by atoms with Gasteiger partial charge in [-0.15, -0.1) is 0 Å². The molecule has 1 fully saturated rings. The lowest BCUT2D eigenvalue weighted by Crippen LogP contribution is -2.47. The average molecular weight is 422 g/mol. The third-order valence-electron chi connectivity index (χ3n) is 5.53. The van der Waals surface area contributed by atoms with Gasteiger partial charge in [-0.3, -0.25) is 14.7 Å². The van der Waals surface area contributed by atoms with Crippen LogP contribution >= 0.6 is 0 Å². The van der Waals surface area contributed by atoms with Crippen LogP contribution in [0.15, 0.2) is 67.0 Å². The number of benzene rings is 2. The van der Waals surface area contributed by atoms with E-state index in [0.717, 1.165) is 50.9 Å². The molecule has 1 saturated heterocycles. The van der Waals surface area contributed by atoms with Gasteiger partial charge < -0.3 is 10.2 Å². The van der Waals surface area contributed by atoms with Crippen LogP contribution in [0.2, 0.25) is 0 Å². The predicted octanol–water partition coefficient (Wildman–Crippen LogP) is 3.98. The molecule has 2 heterocycles. The summed E-state index contributed by atoms with van der Waals surface area (Å²) in [6.45, 7) is 4.43. The van der Waals surface area contributed by atoms with Crippen LogP contribution in [0.5, 0.6) is 0 Å². The molecule has 160 valence electrons. The molecule has 1 aliphatic heterocycles. The van der Waals surface area contributed by atoms with E-state index in [9.17, 15) is 13.6 Å². The summed E-state index contributed by atoms with van der Waals surface area (Å²) in [6.07, 6.45) is 4.61. The van der Waals surface area contributed by atoms with Crippen LogP contribution in [0.3, 0.4) is 0 Å². The van der Waals surface area contributed by atoms with Gasteiger partial charge in [0.15, 0.2) is 11.6 Å². The minimum Gasteiger partial charge on any atom is -0.367 e. The molecule has 5 nitrogen and oxygen atoms in total. The second kappa shape index (κ2) is 9.66. The van der Waals surface area contributed by atoms with Crippen LogP contribution in [0.1, 0.15) is 15.9 Å². The summed E-state index contributed by atoms with van der Waals surface area (Å²) >= 11 is 0. The van der Waals surface area contributed by atoms with Crippen LogP contribution in [0.25, 0.3) is 0 Å². The van der Waals surface area contributed by atoms with E-state index in [-0.39, 0.29) is 5.56 Å². The third-order valence-corrected chi connectivity index (χ3v) is 5.53. The van der Waals surface area contributed by atoms with Gasteiger partial charge in [0.25, 0.3) is 5.91 Å². The number of halogens is 2. The van der Waals surface area contributed by atoms with Gasteiger partial charge >= 0.3 is 0 Å². The lowest BCUT2D eigenvalue weighted by Gasteiger charge is -2.37. The summed E-state index contributed by atoms with van der Waals surface area (Å²) in [4.78, 5) is 21.2. The van der Waals surface area contributed by atoms with E-state index in [0.29, 0.717) is 5.69 Å². The summed E-state index contributed by atoms with van der Waals surface area (Å²) in [5.74, 6) is -2.84. The quantitative estimate of drug-likeness (QED) is 0.653. The zero-order valence-electron chi connectivity index (χ0n) is 17.1. The van der Waals surface area contributed by atoms with E-state index in [1.807, 2.05) is 42.7 Å². The van der Waals surface area contributed by atoms with Gasteiger partial charge in [0.1, 0.15) is 0 Å². The minimum atomic E-state index is -1.14. The lowest BCUT2D eigenvalue weighted by molar-refractivity contribution is 0.102. The standard InChI is InChI=1S/C24H24F2N4O/c25-20-5-3-4-19(23(20)26)24(31)28-21-6-1-2-7-22(21)30-16-14-29(15-17-30)13-10-18-8-11-27-12-9-18/h1-9,11-12H,10,13-17H2,(H,28,31). The Bertz CT molecular complexity index is 1040. The topological polar surface area (TPSA) is 48.5 Å². The number of hydrogen-bond acceptors (Lipinski definition) is 4. The molecule has 0 spiro atoms. The van der Waals surface area contributed by atoms with Crippen molar-refractivity contribution >= 4 is 17.3 Å². The van der Waals surface area contributed by atoms with Gasteiger partial charge in [0.2, 0.25) is 0 Å². The fourth-order valence-electron chi connectivity index (χ4n) is 3.77. The Kier molecular flexibility index (Phi) is 6.52. The fourth-order valence-corrected chi connectivity index (χ4v) is 3.77. The second-order valence-electron chi connectivity index (χ2n) is 7.51. The summed E-state index contributed by atoms with van der Waals surface area (Å²) in [5, 5.41) is 2.74. The lowest BCUT2D eigenvalue weighted by atomic mass is 10.1. The average Bonchev–Trinajstić information content (AvgIpc) is 2.81. The molecule has 2 aromatic carbocycles. The molecule has 0 radical (unpaired) electrons. The summed E-state index contributed by atoms with van der Waals surface area (Å²) in [6, 6.07) is 15.1. The van der Waals surface area contributed by atoms with Gasteiger partial charge in [-0.05, 0) is 48.4 Å². The van der Waals surface area contributed by atoms with E-state index < -0.39 is 17.5 Å². The molecule has 1 aliphatic rings. The molecule has 0 bridgehead atoms. The largest absolute Gasteiger partial charge is 0.367 e. The summed E-state index contributed by atoms with van der Waals surface area (Å²) in [5.41, 5.74) is 2.42. The molecule has 31 heavy (non-hydrogen) atoms. The van der Waals surface area contributed by atoms with E-state index in [4.69, 9.17) is 0 Å². The van der Waals surface area contributed by atoms with Crippen molar-refractivity contribution in [2.75, 3.05) is 42.9 Å². The van der Waals surface area contributed by atoms with Crippen LogP contribution in [0.4, 0.5) is 20.2 Å². The number of anilines is 2. The van der Waals surface area contributed by atoms with Crippen molar-refractivity contribution in [3.05, 3.63) is 89.8 Å². The maximum Gasteiger partial charge on any atom is 0.258 e. The predicted molar refractivity (Wildman–Crippen MR) is 117 cm³/mol. The maximum absolute atomic E-state index is 14.0. The van der Waals surface area contributed by atoms with Gasteiger partial charge in [-0.25, -0.2) is 8.78 Å². The number of carbonyl (C=O) groups excluding carboxylic acids is 1. The number of aromatic nitrogens is 1. The number of nitrogens with one attached hydrogen (secondary N) is 1. The number of rotatable bonds is 6. The zero-order valence-corrected chi connectivity index (χ0v) is 17.1. The first-order valence-corrected chi connectivity index (χ1v) is 10.3. The number of nitrogens with zero attached hydrogens (tertiary/aromatic N) is 3. The van der Waals surface area contributed by atoms with E-state index in [2.05, 4.69) is 20.1 Å². The van der Waals surface area contributed by atoms with Gasteiger partial charge in [0, 0.05) is 45.1 Å². The number of amides is 1. The van der Waals surface area contributed by atoms with Gasteiger partial charge in [-0.2, -0.15) is 0 Å². The van der Waals surface area contributed by atoms with Crippen LogP contribution < -0.4 is 10.2 Å². The fraction of sp³-hybridized carbons (Fsp3) is 0.250. The van der Waals surface area contributed by atoms with Crippen molar-refractivity contribution < 1.29 is 13.6 Å². The van der Waals surface area contributed by atoms with Crippen molar-refractivity contribution in [3.8, 4) is 0 Å². The summed E-state index contributed by atoms with van der Waals surface area (Å²) < 4.78 is 27.5. The molecule has 1 N–H and O–H groups in total. The first-order valence-electron chi connectivity index (χ1n) is 10.3. The van der Waals surface area contributed by atoms with Crippen molar-refractivity contribution in [2.24, 2.45) is 0 Å². The highest BCUT2D eigenvalue weighted by molar-refractivity contribution is 6.06. The van der Waals surface area contributed by atoms with E-state index in [1.165, 1.54) is 17.7 Å². The first kappa shape index (κ1) is 20.9. The SMILES string of the molecule is O=C(Nc1ccccc1N1CCN(CCc2ccncc2)CC1)c1cccc(F)c1F. The highest BCUT2D eigenvalue weighted by atomic mass is 19.2. The molecule has 0 saturated carbocycles. The number of carbonyl (C=O) groups is 1. The molecular weight excluding hydrogens is 398 g/mol. The van der Waals surface area contributed by atoms with Crippen molar-refractivity contribution in [2.45, 2.75) is 6.42 Å². The third kappa shape index (κ3) is 5.06. The maximum atomic E-state index is 14.0. The number of pyridine rings is 1. The van der Waals surface area contributed by atoms with Crippen LogP contribution in [-0.4, -0.2) is 48.5 Å². The van der Waals surface area contributed by atoms with E-state index in [1.54, 1.807) is 6.07 Å². The molecule has 0 atom stereocenters. The van der Waals surface area contributed by atoms with Crippen LogP contribution in [0, 0.1) is 11.6 Å². The molecule has 3 aromatic rings. The Morgan fingerprint density at radius 2 is 1.68 bits per heavy atom. The second-order valence-corrected chi connectivity index (χ2v) is 7.51. The molecule has 0 unspecified atom stereocenters. The number of hydrogen-bond donors (Lipinski definition) is 1. The molecule has 0 aliphatic carbocycles. The molecule has 4 rings (SSSR count). The van der Waals surface area contributed by atoms with Crippen molar-refractivity contribution in [3.63, 3.8) is 0 Å². The zero-order chi connectivity index (χ0) is 21.6. The number of para-hydroxylation sites is 2. The Balaban J connectivity index is 1.39. The minimum absolute atomic E-state index is 0.310. The number of piperazine rings is 1. The molecule has 1 amide bonds. The van der Waals surface area contributed by atoms with E-state index >= 15 is 0 Å². The molecule has 7 heteroatoms. The van der Waals surface area contributed by atoms with Crippen molar-refractivity contribution in [1.82, 2.24) is 9.88 Å². The molecule has 1 aromatic heterocycles. The Hall–Kier alpha value is -3.32. The monoisotopic (exact) mass is 422 g/mol. The summed E-state index contributed by atoms with van der Waals surface area (Å²) in [7, 11) is 0. The highest BCUT2D eigenvalue weighted by Crippen LogP contribution is 2.27.